The molecule has 7 heteroatoms. The van der Waals surface area contributed by atoms with Crippen molar-refractivity contribution >= 4 is 23.8 Å². The van der Waals surface area contributed by atoms with Gasteiger partial charge in [0.05, 0.1) is 18.1 Å². The lowest BCUT2D eigenvalue weighted by Crippen LogP contribution is -2.49. The van der Waals surface area contributed by atoms with Crippen LogP contribution in [0.25, 0.3) is 0 Å². The zero-order chi connectivity index (χ0) is 17.0. The van der Waals surface area contributed by atoms with Crippen LogP contribution in [0.15, 0.2) is 24.4 Å². The highest BCUT2D eigenvalue weighted by Gasteiger charge is 2.38. The molecule has 1 aliphatic heterocycles. The van der Waals surface area contributed by atoms with E-state index < -0.39 is 17.7 Å². The third-order valence-corrected chi connectivity index (χ3v) is 4.31. The van der Waals surface area contributed by atoms with Crippen LogP contribution in [0.2, 0.25) is 0 Å². The number of thioether (sulfide) groups is 1. The number of nitrogens with zero attached hydrogens (tertiary/aromatic N) is 3. The van der Waals surface area contributed by atoms with Gasteiger partial charge in [-0.1, -0.05) is 6.07 Å². The van der Waals surface area contributed by atoms with Crippen LogP contribution in [0.5, 0.6) is 0 Å². The van der Waals surface area contributed by atoms with Crippen molar-refractivity contribution in [2.75, 3.05) is 18.7 Å². The number of pyridine rings is 1. The van der Waals surface area contributed by atoms with E-state index in [-0.39, 0.29) is 5.91 Å². The molecule has 0 radical (unpaired) electrons. The summed E-state index contributed by atoms with van der Waals surface area (Å²) in [5.74, 6) is 0.972. The summed E-state index contributed by atoms with van der Waals surface area (Å²) in [6.07, 6.45) is 1.26. The predicted molar refractivity (Wildman–Crippen MR) is 89.9 cm³/mol. The van der Waals surface area contributed by atoms with Gasteiger partial charge in [-0.15, -0.1) is 11.8 Å². The largest absolute Gasteiger partial charge is 0.444 e. The van der Waals surface area contributed by atoms with E-state index in [9.17, 15) is 9.59 Å². The second kappa shape index (κ2) is 7.21. The Balaban J connectivity index is 2.01. The molecule has 1 fully saturated rings. The van der Waals surface area contributed by atoms with E-state index in [0.717, 1.165) is 5.69 Å². The predicted octanol–water partition coefficient (Wildman–Crippen LogP) is 2.35. The highest BCUT2D eigenvalue weighted by molar-refractivity contribution is 7.99. The summed E-state index contributed by atoms with van der Waals surface area (Å²) in [5.41, 5.74) is 0.246. The fourth-order valence-electron chi connectivity index (χ4n) is 2.21. The third kappa shape index (κ3) is 4.86. The number of rotatable bonds is 3. The van der Waals surface area contributed by atoms with E-state index in [1.807, 2.05) is 39.0 Å². The Hall–Kier alpha value is -1.76. The first-order valence-corrected chi connectivity index (χ1v) is 8.65. The molecule has 0 aromatic carbocycles. The van der Waals surface area contributed by atoms with Crippen LogP contribution in [0.1, 0.15) is 26.5 Å². The maximum Gasteiger partial charge on any atom is 0.411 e. The quantitative estimate of drug-likeness (QED) is 0.847. The highest BCUT2D eigenvalue weighted by Crippen LogP contribution is 2.25. The summed E-state index contributed by atoms with van der Waals surface area (Å²) < 4.78 is 5.39. The van der Waals surface area contributed by atoms with E-state index in [2.05, 4.69) is 4.98 Å². The van der Waals surface area contributed by atoms with Crippen molar-refractivity contribution in [2.45, 2.75) is 39.0 Å². The van der Waals surface area contributed by atoms with E-state index in [1.165, 1.54) is 4.90 Å². The van der Waals surface area contributed by atoms with Crippen LogP contribution in [0.3, 0.4) is 0 Å². The molecular weight excluding hydrogens is 314 g/mol. The SMILES string of the molecule is CN(Cc1ccccn1)C(=O)[C@@H]1CSCN1C(=O)OC(C)(C)C. The third-order valence-electron chi connectivity index (χ3n) is 3.30. The minimum Gasteiger partial charge on any atom is -0.444 e. The molecule has 0 N–H and O–H groups in total. The van der Waals surface area contributed by atoms with Crippen LogP contribution < -0.4 is 0 Å². The normalized spacial score (nSPS) is 17.9. The lowest BCUT2D eigenvalue weighted by atomic mass is 10.2. The maximum absolute atomic E-state index is 12.7. The van der Waals surface area contributed by atoms with Crippen LogP contribution in [-0.2, 0) is 16.1 Å². The number of likely N-dealkylation sites (N-methyl/N-ethyl adjacent to an activating group) is 1. The summed E-state index contributed by atoms with van der Waals surface area (Å²) in [6.45, 7) is 5.87. The average Bonchev–Trinajstić information content (AvgIpc) is 2.95. The van der Waals surface area contributed by atoms with Crippen molar-refractivity contribution in [1.82, 2.24) is 14.8 Å². The topological polar surface area (TPSA) is 62.7 Å². The molecule has 1 aromatic heterocycles. The van der Waals surface area contributed by atoms with E-state index in [1.54, 1.807) is 29.9 Å². The Morgan fingerprint density at radius 1 is 1.43 bits per heavy atom. The van der Waals surface area contributed by atoms with E-state index >= 15 is 0 Å². The second-order valence-corrected chi connectivity index (χ2v) is 7.48. The molecule has 0 saturated carbocycles. The van der Waals surface area contributed by atoms with Crippen LogP contribution in [0, 0.1) is 0 Å². The minimum absolute atomic E-state index is 0.0912. The Kier molecular flexibility index (Phi) is 5.51. The van der Waals surface area contributed by atoms with Gasteiger partial charge < -0.3 is 9.64 Å². The molecule has 2 rings (SSSR count). The van der Waals surface area contributed by atoms with Crippen molar-refractivity contribution in [1.29, 1.82) is 0 Å². The number of carbonyl (C=O) groups excluding carboxylic acids is 2. The van der Waals surface area contributed by atoms with E-state index in [4.69, 9.17) is 4.74 Å². The molecule has 126 valence electrons. The number of amides is 2. The molecule has 0 aliphatic carbocycles. The molecule has 2 heterocycles. The number of hydrogen-bond donors (Lipinski definition) is 0. The summed E-state index contributed by atoms with van der Waals surface area (Å²) in [7, 11) is 1.73. The first-order chi connectivity index (χ1) is 10.8. The molecular formula is C16H23N3O3S. The number of hydrogen-bond acceptors (Lipinski definition) is 5. The van der Waals surface area contributed by atoms with Crippen LogP contribution >= 0.6 is 11.8 Å². The second-order valence-electron chi connectivity index (χ2n) is 6.48. The Morgan fingerprint density at radius 2 is 2.17 bits per heavy atom. The molecule has 1 aromatic rings. The molecule has 1 atom stereocenters. The van der Waals surface area contributed by atoms with E-state index in [0.29, 0.717) is 18.2 Å². The Morgan fingerprint density at radius 3 is 2.78 bits per heavy atom. The zero-order valence-corrected chi connectivity index (χ0v) is 14.8. The van der Waals surface area contributed by atoms with Crippen LogP contribution in [-0.4, -0.2) is 57.1 Å². The molecule has 0 unspecified atom stereocenters. The standard InChI is InChI=1S/C16H23N3O3S/c1-16(2,3)22-15(21)19-11-23-10-13(19)14(20)18(4)9-12-7-5-6-8-17-12/h5-8,13H,9-11H2,1-4H3/t13-/m0/s1. The lowest BCUT2D eigenvalue weighted by Gasteiger charge is -2.29. The Bertz CT molecular complexity index is 559. The smallest absolute Gasteiger partial charge is 0.411 e. The fraction of sp³-hybridized carbons (Fsp3) is 0.562. The maximum atomic E-state index is 12.7. The van der Waals surface area contributed by atoms with Gasteiger partial charge in [0.15, 0.2) is 0 Å². The molecule has 1 aliphatic rings. The number of ether oxygens (including phenoxy) is 1. The monoisotopic (exact) mass is 337 g/mol. The van der Waals surface area contributed by atoms with Gasteiger partial charge in [0, 0.05) is 19.0 Å². The first-order valence-electron chi connectivity index (χ1n) is 7.50. The minimum atomic E-state index is -0.572. The van der Waals surface area contributed by atoms with Crippen molar-refractivity contribution in [3.05, 3.63) is 30.1 Å². The molecule has 0 spiro atoms. The summed E-state index contributed by atoms with van der Waals surface area (Å²) in [5, 5.41) is 0. The molecule has 2 amide bonds. The van der Waals surface area contributed by atoms with Gasteiger partial charge in [-0.2, -0.15) is 0 Å². The van der Waals surface area contributed by atoms with Crippen LogP contribution in [0.4, 0.5) is 4.79 Å². The van der Waals surface area contributed by atoms with Gasteiger partial charge >= 0.3 is 6.09 Å². The van der Waals surface area contributed by atoms with Crippen molar-refractivity contribution < 1.29 is 14.3 Å². The molecule has 6 nitrogen and oxygen atoms in total. The van der Waals surface area contributed by atoms with Crippen molar-refractivity contribution in [3.8, 4) is 0 Å². The van der Waals surface area contributed by atoms with Crippen molar-refractivity contribution in [3.63, 3.8) is 0 Å². The summed E-state index contributed by atoms with van der Waals surface area (Å²) >= 11 is 1.56. The van der Waals surface area contributed by atoms with Gasteiger partial charge in [0.25, 0.3) is 0 Å². The van der Waals surface area contributed by atoms with Crippen molar-refractivity contribution in [2.24, 2.45) is 0 Å². The summed E-state index contributed by atoms with van der Waals surface area (Å²) in [4.78, 5) is 32.3. The lowest BCUT2D eigenvalue weighted by molar-refractivity contribution is -0.134. The number of carbonyl (C=O) groups is 2. The summed E-state index contributed by atoms with van der Waals surface area (Å²) in [6, 6.07) is 5.12. The first kappa shape index (κ1) is 17.6. The van der Waals surface area contributed by atoms with Gasteiger partial charge in [0.1, 0.15) is 11.6 Å². The molecule has 1 saturated heterocycles. The molecule has 23 heavy (non-hydrogen) atoms. The van der Waals surface area contributed by atoms with Gasteiger partial charge in [0.2, 0.25) is 5.91 Å². The average molecular weight is 337 g/mol. The van der Waals surface area contributed by atoms with Gasteiger partial charge in [-0.3, -0.25) is 14.7 Å². The van der Waals surface area contributed by atoms with Gasteiger partial charge in [-0.25, -0.2) is 4.79 Å². The number of aromatic nitrogens is 1. The van der Waals surface area contributed by atoms with Gasteiger partial charge in [-0.05, 0) is 32.9 Å². The fourth-order valence-corrected chi connectivity index (χ4v) is 3.35. The zero-order valence-electron chi connectivity index (χ0n) is 14.0. The Labute approximate surface area is 141 Å². The molecule has 0 bridgehead atoms. The highest BCUT2D eigenvalue weighted by atomic mass is 32.2.